The first-order valence-corrected chi connectivity index (χ1v) is 8.25. The molecular weight excluding hydrogens is 328 g/mol. The first-order chi connectivity index (χ1) is 12.8. The molecular formula is C21H14N2O3. The van der Waals surface area contributed by atoms with Crippen molar-refractivity contribution < 1.29 is 14.2 Å². The first kappa shape index (κ1) is 14.7. The number of hydrogen-bond acceptors (Lipinski definition) is 5. The van der Waals surface area contributed by atoms with Crippen LogP contribution in [0.3, 0.4) is 0 Å². The molecule has 2 aliphatic rings. The molecule has 0 radical (unpaired) electrons. The van der Waals surface area contributed by atoms with E-state index in [0.717, 1.165) is 21.9 Å². The van der Waals surface area contributed by atoms with Gasteiger partial charge in [-0.3, -0.25) is 0 Å². The van der Waals surface area contributed by atoms with Crippen LogP contribution in [0, 0.1) is 11.3 Å². The summed E-state index contributed by atoms with van der Waals surface area (Å²) in [5, 5.41) is 11.7. The Morgan fingerprint density at radius 1 is 1.00 bits per heavy atom. The Bertz CT molecular complexity index is 1130. The minimum Gasteiger partial charge on any atom is -0.454 e. The molecule has 2 N–H and O–H groups in total. The van der Waals surface area contributed by atoms with E-state index in [-0.39, 0.29) is 18.6 Å². The molecule has 0 bridgehead atoms. The molecule has 2 heterocycles. The summed E-state index contributed by atoms with van der Waals surface area (Å²) in [6.45, 7) is 0.205. The van der Waals surface area contributed by atoms with Gasteiger partial charge in [0.05, 0.1) is 5.92 Å². The lowest BCUT2D eigenvalue weighted by molar-refractivity contribution is 0.174. The van der Waals surface area contributed by atoms with Crippen LogP contribution in [0.1, 0.15) is 17.0 Å². The number of nitrogens with two attached hydrogens (primary N) is 1. The smallest absolute Gasteiger partial charge is 0.231 e. The summed E-state index contributed by atoms with van der Waals surface area (Å²) in [4.78, 5) is 0. The van der Waals surface area contributed by atoms with Crippen molar-refractivity contribution in [3.05, 3.63) is 77.2 Å². The quantitative estimate of drug-likeness (QED) is 0.728. The molecule has 5 nitrogen and oxygen atoms in total. The standard InChI is InChI=1S/C21H14N2O3/c22-10-16-19(13-6-8-17-18(9-13)25-11-24-17)15-7-5-12-3-1-2-4-14(12)20(15)26-21(16)23/h1-9,19H,11,23H2. The predicted molar refractivity (Wildman–Crippen MR) is 95.8 cm³/mol. The number of ether oxygens (including phenoxy) is 3. The summed E-state index contributed by atoms with van der Waals surface area (Å²) in [6, 6.07) is 19.9. The Morgan fingerprint density at radius 2 is 1.85 bits per heavy atom. The molecule has 26 heavy (non-hydrogen) atoms. The van der Waals surface area contributed by atoms with Gasteiger partial charge in [-0.25, -0.2) is 0 Å². The summed E-state index contributed by atoms with van der Waals surface area (Å²) in [5.74, 6) is 1.89. The maximum Gasteiger partial charge on any atom is 0.231 e. The van der Waals surface area contributed by atoms with Gasteiger partial charge in [0.25, 0.3) is 0 Å². The summed E-state index contributed by atoms with van der Waals surface area (Å²) in [5.41, 5.74) is 8.33. The molecule has 0 fully saturated rings. The lowest BCUT2D eigenvalue weighted by atomic mass is 9.82. The zero-order valence-electron chi connectivity index (χ0n) is 13.7. The van der Waals surface area contributed by atoms with Crippen LogP contribution in [0.2, 0.25) is 0 Å². The van der Waals surface area contributed by atoms with E-state index in [1.165, 1.54) is 0 Å². The maximum atomic E-state index is 9.70. The van der Waals surface area contributed by atoms with Gasteiger partial charge in [-0.1, -0.05) is 42.5 Å². The molecule has 5 heteroatoms. The number of nitrogens with zero attached hydrogens (tertiary/aromatic N) is 1. The molecule has 1 unspecified atom stereocenters. The second kappa shape index (κ2) is 5.43. The van der Waals surface area contributed by atoms with Gasteiger partial charge >= 0.3 is 0 Å². The topological polar surface area (TPSA) is 77.5 Å². The number of hydrogen-bond donors (Lipinski definition) is 1. The number of benzene rings is 3. The summed E-state index contributed by atoms with van der Waals surface area (Å²) < 4.78 is 16.8. The number of nitriles is 1. The summed E-state index contributed by atoms with van der Waals surface area (Å²) in [6.07, 6.45) is 0. The normalized spacial score (nSPS) is 17.6. The Labute approximate surface area is 149 Å². The van der Waals surface area contributed by atoms with E-state index in [4.69, 9.17) is 19.9 Å². The third-order valence-corrected chi connectivity index (χ3v) is 4.84. The van der Waals surface area contributed by atoms with Crippen molar-refractivity contribution in [1.82, 2.24) is 0 Å². The highest BCUT2D eigenvalue weighted by Gasteiger charge is 2.32. The van der Waals surface area contributed by atoms with Crippen LogP contribution < -0.4 is 19.9 Å². The molecule has 3 aromatic carbocycles. The fourth-order valence-electron chi connectivity index (χ4n) is 3.62. The Kier molecular flexibility index (Phi) is 3.06. The SMILES string of the molecule is N#CC1=C(N)Oc2c(ccc3ccccc23)C1c1ccc2c(c1)OCO2. The molecule has 0 amide bonds. The second-order valence-corrected chi connectivity index (χ2v) is 6.24. The van der Waals surface area contributed by atoms with Gasteiger partial charge in [0.15, 0.2) is 11.5 Å². The molecule has 0 saturated heterocycles. The molecule has 1 atom stereocenters. The lowest BCUT2D eigenvalue weighted by Crippen LogP contribution is -2.21. The van der Waals surface area contributed by atoms with Gasteiger partial charge in [-0.05, 0) is 23.1 Å². The van der Waals surface area contributed by atoms with Crippen molar-refractivity contribution >= 4 is 10.8 Å². The minimum absolute atomic E-state index is 0.138. The minimum atomic E-state index is -0.317. The van der Waals surface area contributed by atoms with Gasteiger partial charge in [0.2, 0.25) is 12.7 Å². The summed E-state index contributed by atoms with van der Waals surface area (Å²) in [7, 11) is 0. The first-order valence-electron chi connectivity index (χ1n) is 8.25. The lowest BCUT2D eigenvalue weighted by Gasteiger charge is -2.27. The van der Waals surface area contributed by atoms with Crippen LogP contribution in [0.4, 0.5) is 0 Å². The molecule has 126 valence electrons. The van der Waals surface area contributed by atoms with Crippen LogP contribution in [-0.2, 0) is 0 Å². The van der Waals surface area contributed by atoms with Crippen LogP contribution >= 0.6 is 0 Å². The van der Waals surface area contributed by atoms with E-state index in [1.54, 1.807) is 0 Å². The van der Waals surface area contributed by atoms with Gasteiger partial charge < -0.3 is 19.9 Å². The third kappa shape index (κ3) is 2.02. The van der Waals surface area contributed by atoms with Crippen LogP contribution in [0.5, 0.6) is 17.2 Å². The van der Waals surface area contributed by atoms with Crippen molar-refractivity contribution in [3.63, 3.8) is 0 Å². The highest BCUT2D eigenvalue weighted by Crippen LogP contribution is 2.47. The van der Waals surface area contributed by atoms with Crippen LogP contribution in [0.25, 0.3) is 10.8 Å². The highest BCUT2D eigenvalue weighted by atomic mass is 16.7. The molecule has 0 aliphatic carbocycles. The van der Waals surface area contributed by atoms with E-state index >= 15 is 0 Å². The molecule has 0 aromatic heterocycles. The van der Waals surface area contributed by atoms with Crippen LogP contribution in [-0.4, -0.2) is 6.79 Å². The zero-order valence-corrected chi connectivity index (χ0v) is 13.7. The molecule has 0 saturated carbocycles. The van der Waals surface area contributed by atoms with Gasteiger partial charge in [0.1, 0.15) is 17.4 Å². The largest absolute Gasteiger partial charge is 0.454 e. The Morgan fingerprint density at radius 3 is 2.73 bits per heavy atom. The van der Waals surface area contributed by atoms with Gasteiger partial charge in [-0.15, -0.1) is 0 Å². The van der Waals surface area contributed by atoms with E-state index in [0.29, 0.717) is 22.8 Å². The van der Waals surface area contributed by atoms with E-state index in [9.17, 15) is 5.26 Å². The molecule has 5 rings (SSSR count). The van der Waals surface area contributed by atoms with Crippen molar-refractivity contribution in [3.8, 4) is 23.3 Å². The average Bonchev–Trinajstić information content (AvgIpc) is 3.14. The van der Waals surface area contributed by atoms with E-state index in [1.807, 2.05) is 54.6 Å². The van der Waals surface area contributed by atoms with E-state index < -0.39 is 0 Å². The van der Waals surface area contributed by atoms with Crippen molar-refractivity contribution in [1.29, 1.82) is 5.26 Å². The van der Waals surface area contributed by atoms with Crippen molar-refractivity contribution in [2.45, 2.75) is 5.92 Å². The van der Waals surface area contributed by atoms with E-state index in [2.05, 4.69) is 6.07 Å². The van der Waals surface area contributed by atoms with Crippen molar-refractivity contribution in [2.75, 3.05) is 6.79 Å². The molecule has 2 aliphatic heterocycles. The number of rotatable bonds is 1. The summed E-state index contributed by atoms with van der Waals surface area (Å²) >= 11 is 0. The van der Waals surface area contributed by atoms with Gasteiger partial charge in [-0.2, -0.15) is 5.26 Å². The molecule has 3 aromatic rings. The number of fused-ring (bicyclic) bond motifs is 4. The maximum absolute atomic E-state index is 9.70. The Balaban J connectivity index is 1.76. The zero-order chi connectivity index (χ0) is 17.7. The third-order valence-electron chi connectivity index (χ3n) is 4.84. The fraction of sp³-hybridized carbons (Fsp3) is 0.0952. The molecule has 0 spiro atoms. The van der Waals surface area contributed by atoms with Crippen molar-refractivity contribution in [2.24, 2.45) is 5.73 Å². The monoisotopic (exact) mass is 342 g/mol. The average molecular weight is 342 g/mol. The highest BCUT2D eigenvalue weighted by molar-refractivity contribution is 5.91. The van der Waals surface area contributed by atoms with Crippen LogP contribution in [0.15, 0.2) is 66.1 Å². The predicted octanol–water partition coefficient (Wildman–Crippen LogP) is 3.79. The van der Waals surface area contributed by atoms with Gasteiger partial charge in [0, 0.05) is 10.9 Å². The second-order valence-electron chi connectivity index (χ2n) is 6.24. The number of allylic oxidation sites excluding steroid dienone is 1. The Hall–Kier alpha value is -3.65. The fourth-order valence-corrected chi connectivity index (χ4v) is 3.62.